The molecule has 1 aliphatic heterocycles. The Labute approximate surface area is 195 Å². The van der Waals surface area contributed by atoms with Gasteiger partial charge in [0.05, 0.1) is 18.4 Å². The molecule has 0 spiro atoms. The summed E-state index contributed by atoms with van der Waals surface area (Å²) in [5.41, 5.74) is 2.68. The molecule has 1 amide bonds. The highest BCUT2D eigenvalue weighted by atomic mass is 32.2. The number of methoxy groups -OCH3 is 1. The van der Waals surface area contributed by atoms with Gasteiger partial charge in [-0.1, -0.05) is 67.2 Å². The van der Waals surface area contributed by atoms with Crippen LogP contribution in [0, 0.1) is 0 Å². The van der Waals surface area contributed by atoms with Gasteiger partial charge in [-0.05, 0) is 29.2 Å². The van der Waals surface area contributed by atoms with Gasteiger partial charge < -0.3 is 9.47 Å². The maximum atomic E-state index is 13.4. The second kappa shape index (κ2) is 8.71. The van der Waals surface area contributed by atoms with Gasteiger partial charge >= 0.3 is 0 Å². The Kier molecular flexibility index (Phi) is 5.60. The molecule has 1 aliphatic rings. The SMILES string of the molecule is CCC(=O)N1c2ccccc2-c2nnc(SC)nc2O[C@H]1c1c(OC)ccc2ccccc12. The van der Waals surface area contributed by atoms with Crippen molar-refractivity contribution in [1.29, 1.82) is 0 Å². The van der Waals surface area contributed by atoms with Gasteiger partial charge in [-0.2, -0.15) is 4.98 Å². The van der Waals surface area contributed by atoms with E-state index < -0.39 is 6.23 Å². The summed E-state index contributed by atoms with van der Waals surface area (Å²) >= 11 is 1.38. The summed E-state index contributed by atoms with van der Waals surface area (Å²) < 4.78 is 12.3. The third-order valence-electron chi connectivity index (χ3n) is 5.66. The van der Waals surface area contributed by atoms with E-state index in [9.17, 15) is 4.79 Å². The molecule has 0 N–H and O–H groups in total. The molecule has 3 aromatic carbocycles. The molecule has 2 heterocycles. The van der Waals surface area contributed by atoms with Gasteiger partial charge in [0.15, 0.2) is 5.69 Å². The molecule has 33 heavy (non-hydrogen) atoms. The van der Waals surface area contributed by atoms with E-state index in [1.54, 1.807) is 12.0 Å². The average molecular weight is 459 g/mol. The molecule has 0 fully saturated rings. The van der Waals surface area contributed by atoms with Crippen LogP contribution in [0.25, 0.3) is 22.0 Å². The Morgan fingerprint density at radius 1 is 1.09 bits per heavy atom. The third-order valence-corrected chi connectivity index (χ3v) is 6.20. The van der Waals surface area contributed by atoms with Crippen molar-refractivity contribution in [2.45, 2.75) is 24.7 Å². The van der Waals surface area contributed by atoms with Gasteiger partial charge in [0.2, 0.25) is 23.2 Å². The number of aromatic nitrogens is 3. The Balaban J connectivity index is 1.85. The molecule has 0 radical (unpaired) electrons. The van der Waals surface area contributed by atoms with Crippen molar-refractivity contribution in [3.8, 4) is 22.9 Å². The van der Waals surface area contributed by atoms with Crippen LogP contribution in [-0.4, -0.2) is 34.5 Å². The number of carbonyl (C=O) groups excluding carboxylic acids is 1. The van der Waals surface area contributed by atoms with Gasteiger partial charge in [0.1, 0.15) is 5.75 Å². The maximum Gasteiger partial charge on any atom is 0.247 e. The van der Waals surface area contributed by atoms with E-state index in [4.69, 9.17) is 9.47 Å². The van der Waals surface area contributed by atoms with E-state index in [1.807, 2.05) is 73.8 Å². The maximum absolute atomic E-state index is 13.4. The highest BCUT2D eigenvalue weighted by Crippen LogP contribution is 2.46. The van der Waals surface area contributed by atoms with Crippen LogP contribution < -0.4 is 14.4 Å². The molecule has 1 aromatic heterocycles. The van der Waals surface area contributed by atoms with E-state index in [1.165, 1.54) is 11.8 Å². The van der Waals surface area contributed by atoms with Crippen LogP contribution in [0.5, 0.6) is 11.6 Å². The minimum absolute atomic E-state index is 0.0895. The molecule has 0 aliphatic carbocycles. The lowest BCUT2D eigenvalue weighted by Gasteiger charge is -2.32. The van der Waals surface area contributed by atoms with Crippen LogP contribution in [0.2, 0.25) is 0 Å². The first-order valence-electron chi connectivity index (χ1n) is 10.6. The fraction of sp³-hybridized carbons (Fsp3) is 0.200. The minimum Gasteiger partial charge on any atom is -0.496 e. The standard InChI is InChI=1S/C25H22N4O3S/c1-4-20(30)29-18-12-8-7-11-17(18)22-23(26-25(33-3)28-27-22)32-24(29)21-16-10-6-5-9-15(16)13-14-19(21)31-2/h5-14,24H,4H2,1-3H3/t24-/m0/s1. The van der Waals surface area contributed by atoms with Crippen molar-refractivity contribution in [1.82, 2.24) is 15.2 Å². The molecule has 4 aromatic rings. The van der Waals surface area contributed by atoms with Crippen molar-refractivity contribution in [2.24, 2.45) is 0 Å². The molecule has 166 valence electrons. The molecule has 0 bridgehead atoms. The fourth-order valence-corrected chi connectivity index (χ4v) is 4.43. The van der Waals surface area contributed by atoms with Crippen molar-refractivity contribution in [3.63, 3.8) is 0 Å². The summed E-state index contributed by atoms with van der Waals surface area (Å²) in [4.78, 5) is 19.7. The third kappa shape index (κ3) is 3.56. The number of amides is 1. The normalized spacial score (nSPS) is 14.8. The second-order valence-electron chi connectivity index (χ2n) is 7.46. The zero-order chi connectivity index (χ0) is 22.9. The van der Waals surface area contributed by atoms with E-state index in [-0.39, 0.29) is 5.91 Å². The topological polar surface area (TPSA) is 77.4 Å². The Hall–Kier alpha value is -3.65. The lowest BCUT2D eigenvalue weighted by Crippen LogP contribution is -2.37. The summed E-state index contributed by atoms with van der Waals surface area (Å²) in [6.45, 7) is 1.84. The highest BCUT2D eigenvalue weighted by molar-refractivity contribution is 7.98. The summed E-state index contributed by atoms with van der Waals surface area (Å²) in [5.74, 6) is 0.863. The van der Waals surface area contributed by atoms with E-state index in [2.05, 4.69) is 15.2 Å². The highest BCUT2D eigenvalue weighted by Gasteiger charge is 2.37. The number of rotatable bonds is 4. The van der Waals surface area contributed by atoms with Gasteiger partial charge in [-0.3, -0.25) is 9.69 Å². The number of hydrogen-bond acceptors (Lipinski definition) is 7. The van der Waals surface area contributed by atoms with Crippen LogP contribution >= 0.6 is 11.8 Å². The first-order valence-corrected chi connectivity index (χ1v) is 11.8. The lowest BCUT2D eigenvalue weighted by atomic mass is 10.0. The number of benzene rings is 3. The zero-order valence-corrected chi connectivity index (χ0v) is 19.3. The first kappa shape index (κ1) is 21.2. The largest absolute Gasteiger partial charge is 0.496 e. The number of hydrogen-bond donors (Lipinski definition) is 0. The van der Waals surface area contributed by atoms with Crippen molar-refractivity contribution in [3.05, 3.63) is 66.2 Å². The molecule has 5 rings (SSSR count). The van der Waals surface area contributed by atoms with Crippen LogP contribution in [-0.2, 0) is 4.79 Å². The van der Waals surface area contributed by atoms with Crippen LogP contribution in [0.15, 0.2) is 65.8 Å². The summed E-state index contributed by atoms with van der Waals surface area (Å²) in [7, 11) is 1.62. The number of anilines is 1. The van der Waals surface area contributed by atoms with Crippen LogP contribution in [0.4, 0.5) is 5.69 Å². The van der Waals surface area contributed by atoms with Gasteiger partial charge in [0.25, 0.3) is 0 Å². The lowest BCUT2D eigenvalue weighted by molar-refractivity contribution is -0.120. The number of ether oxygens (including phenoxy) is 2. The smallest absolute Gasteiger partial charge is 0.247 e. The number of fused-ring (bicyclic) bond motifs is 4. The van der Waals surface area contributed by atoms with E-state index in [0.717, 1.165) is 21.9 Å². The van der Waals surface area contributed by atoms with Crippen molar-refractivity contribution >= 4 is 34.1 Å². The molecule has 0 saturated heterocycles. The minimum atomic E-state index is -0.813. The molecule has 7 nitrogen and oxygen atoms in total. The molecule has 8 heteroatoms. The molecular weight excluding hydrogens is 436 g/mol. The number of thioether (sulfide) groups is 1. The first-order chi connectivity index (χ1) is 16.2. The quantitative estimate of drug-likeness (QED) is 0.386. The van der Waals surface area contributed by atoms with E-state index in [0.29, 0.717) is 34.6 Å². The monoisotopic (exact) mass is 458 g/mol. The number of carbonyl (C=O) groups is 1. The van der Waals surface area contributed by atoms with Gasteiger partial charge in [0, 0.05) is 12.0 Å². The predicted molar refractivity (Wildman–Crippen MR) is 129 cm³/mol. The summed E-state index contributed by atoms with van der Waals surface area (Å²) in [6.07, 6.45) is 1.37. The van der Waals surface area contributed by atoms with Crippen molar-refractivity contribution in [2.75, 3.05) is 18.3 Å². The zero-order valence-electron chi connectivity index (χ0n) is 18.5. The Bertz CT molecular complexity index is 1360. The molecule has 0 saturated carbocycles. The second-order valence-corrected chi connectivity index (χ2v) is 8.23. The number of para-hydroxylation sites is 1. The molecule has 0 unspecified atom stereocenters. The van der Waals surface area contributed by atoms with E-state index >= 15 is 0 Å². The summed E-state index contributed by atoms with van der Waals surface area (Å²) in [5, 5.41) is 11.1. The molecular formula is C25H22N4O3S. The Morgan fingerprint density at radius 3 is 2.67 bits per heavy atom. The fourth-order valence-electron chi connectivity index (χ4n) is 4.14. The van der Waals surface area contributed by atoms with Gasteiger partial charge in [-0.15, -0.1) is 10.2 Å². The van der Waals surface area contributed by atoms with Crippen LogP contribution in [0.3, 0.4) is 0 Å². The number of nitrogens with zero attached hydrogens (tertiary/aromatic N) is 4. The van der Waals surface area contributed by atoms with Crippen LogP contribution in [0.1, 0.15) is 25.1 Å². The van der Waals surface area contributed by atoms with Gasteiger partial charge in [-0.25, -0.2) is 0 Å². The van der Waals surface area contributed by atoms with Crippen molar-refractivity contribution < 1.29 is 14.3 Å². The Morgan fingerprint density at radius 2 is 1.88 bits per heavy atom. The summed E-state index contributed by atoms with van der Waals surface area (Å²) in [6, 6.07) is 19.5. The average Bonchev–Trinajstić information content (AvgIpc) is 3.01. The molecule has 1 atom stereocenters. The predicted octanol–water partition coefficient (Wildman–Crippen LogP) is 5.26.